The molecule has 1 aromatic rings. The van der Waals surface area contributed by atoms with Crippen LogP contribution in [0, 0.1) is 18.8 Å². The minimum Gasteiger partial charge on any atom is -0.393 e. The predicted molar refractivity (Wildman–Crippen MR) is 81.3 cm³/mol. The first-order valence-corrected chi connectivity index (χ1v) is 7.92. The molecule has 1 saturated carbocycles. The van der Waals surface area contributed by atoms with Crippen LogP contribution < -0.4 is 0 Å². The maximum Gasteiger partial charge on any atom is 0.0571 e. The minimum absolute atomic E-state index is 0.0803. The summed E-state index contributed by atoms with van der Waals surface area (Å²) in [7, 11) is 0. The van der Waals surface area contributed by atoms with Crippen LogP contribution in [0.1, 0.15) is 63.0 Å². The Morgan fingerprint density at radius 3 is 2.42 bits per heavy atom. The van der Waals surface area contributed by atoms with E-state index in [1.807, 2.05) is 0 Å². The summed E-state index contributed by atoms with van der Waals surface area (Å²) in [6.07, 6.45) is 5.67. The minimum atomic E-state index is -0.0803. The molecule has 0 bridgehead atoms. The lowest BCUT2D eigenvalue weighted by molar-refractivity contribution is 0.0199. The van der Waals surface area contributed by atoms with E-state index in [1.165, 1.54) is 30.4 Å². The zero-order chi connectivity index (χ0) is 13.8. The third kappa shape index (κ3) is 3.20. The van der Waals surface area contributed by atoms with Gasteiger partial charge in [-0.15, -0.1) is 0 Å². The SMILES string of the molecule is CCC(c1ccc(C)cc1)C1CCCC(O)C1CC. The molecule has 1 nitrogen and oxygen atoms in total. The molecule has 0 spiro atoms. The van der Waals surface area contributed by atoms with Gasteiger partial charge in [0.25, 0.3) is 0 Å². The lowest BCUT2D eigenvalue weighted by Gasteiger charge is -2.40. The van der Waals surface area contributed by atoms with Crippen LogP contribution in [0.25, 0.3) is 0 Å². The summed E-state index contributed by atoms with van der Waals surface area (Å²) in [6.45, 7) is 6.66. The topological polar surface area (TPSA) is 20.2 Å². The molecule has 4 atom stereocenters. The number of hydrogen-bond donors (Lipinski definition) is 1. The van der Waals surface area contributed by atoms with E-state index < -0.39 is 0 Å². The molecule has 1 aliphatic rings. The smallest absolute Gasteiger partial charge is 0.0571 e. The largest absolute Gasteiger partial charge is 0.393 e. The molecule has 19 heavy (non-hydrogen) atoms. The van der Waals surface area contributed by atoms with E-state index in [2.05, 4.69) is 45.0 Å². The van der Waals surface area contributed by atoms with Gasteiger partial charge in [0.15, 0.2) is 0 Å². The second-order valence-electron chi connectivity index (χ2n) is 6.16. The van der Waals surface area contributed by atoms with E-state index in [-0.39, 0.29) is 6.10 Å². The molecule has 1 fully saturated rings. The third-order valence-corrected chi connectivity index (χ3v) is 5.02. The number of benzene rings is 1. The number of rotatable bonds is 4. The van der Waals surface area contributed by atoms with Crippen molar-refractivity contribution < 1.29 is 5.11 Å². The molecule has 4 unspecified atom stereocenters. The molecule has 0 aromatic heterocycles. The van der Waals surface area contributed by atoms with Gasteiger partial charge in [-0.1, -0.05) is 56.5 Å². The van der Waals surface area contributed by atoms with E-state index >= 15 is 0 Å². The highest BCUT2D eigenvalue weighted by atomic mass is 16.3. The second-order valence-corrected chi connectivity index (χ2v) is 6.16. The second kappa shape index (κ2) is 6.56. The zero-order valence-corrected chi connectivity index (χ0v) is 12.6. The highest BCUT2D eigenvalue weighted by molar-refractivity contribution is 5.25. The Morgan fingerprint density at radius 2 is 1.84 bits per heavy atom. The zero-order valence-electron chi connectivity index (χ0n) is 12.6. The number of aryl methyl sites for hydroxylation is 1. The standard InChI is InChI=1S/C18H28O/c1-4-15(14-11-9-13(3)10-12-14)17-7-6-8-18(19)16(17)5-2/h9-12,15-19H,4-8H2,1-3H3. The van der Waals surface area contributed by atoms with Crippen molar-refractivity contribution in [1.82, 2.24) is 0 Å². The van der Waals surface area contributed by atoms with Crippen LogP contribution in [0.3, 0.4) is 0 Å². The van der Waals surface area contributed by atoms with Crippen molar-refractivity contribution in [2.75, 3.05) is 0 Å². The molecule has 1 heteroatoms. The molecule has 0 heterocycles. The summed E-state index contributed by atoms with van der Waals surface area (Å²) in [6, 6.07) is 9.02. The lowest BCUT2D eigenvalue weighted by atomic mass is 9.67. The summed E-state index contributed by atoms with van der Waals surface area (Å²) in [5, 5.41) is 10.3. The van der Waals surface area contributed by atoms with Crippen molar-refractivity contribution in [3.05, 3.63) is 35.4 Å². The van der Waals surface area contributed by atoms with Crippen LogP contribution in [-0.2, 0) is 0 Å². The molecule has 0 saturated heterocycles. The van der Waals surface area contributed by atoms with Crippen molar-refractivity contribution >= 4 is 0 Å². The van der Waals surface area contributed by atoms with Gasteiger partial charge in [0.1, 0.15) is 0 Å². The Balaban J connectivity index is 2.22. The van der Waals surface area contributed by atoms with E-state index in [0.29, 0.717) is 17.8 Å². The Labute approximate surface area is 118 Å². The summed E-state index contributed by atoms with van der Waals surface area (Å²) in [4.78, 5) is 0. The number of aliphatic hydroxyl groups is 1. The van der Waals surface area contributed by atoms with Crippen LogP contribution in [0.4, 0.5) is 0 Å². The van der Waals surface area contributed by atoms with Crippen LogP contribution in [0.15, 0.2) is 24.3 Å². The van der Waals surface area contributed by atoms with Gasteiger partial charge in [-0.25, -0.2) is 0 Å². The van der Waals surface area contributed by atoms with Crippen LogP contribution >= 0.6 is 0 Å². The third-order valence-electron chi connectivity index (χ3n) is 5.02. The van der Waals surface area contributed by atoms with Crippen molar-refractivity contribution in [2.24, 2.45) is 11.8 Å². The van der Waals surface area contributed by atoms with Gasteiger partial charge in [-0.2, -0.15) is 0 Å². The van der Waals surface area contributed by atoms with Gasteiger partial charge in [-0.05, 0) is 49.5 Å². The Morgan fingerprint density at radius 1 is 1.16 bits per heavy atom. The molecule has 0 aliphatic heterocycles. The molecule has 106 valence electrons. The summed E-state index contributed by atoms with van der Waals surface area (Å²) in [5.41, 5.74) is 2.79. The first-order chi connectivity index (χ1) is 9.17. The van der Waals surface area contributed by atoms with Gasteiger partial charge >= 0.3 is 0 Å². The number of hydrogen-bond acceptors (Lipinski definition) is 1. The first-order valence-electron chi connectivity index (χ1n) is 7.92. The van der Waals surface area contributed by atoms with Gasteiger partial charge in [0, 0.05) is 0 Å². The number of aliphatic hydroxyl groups excluding tert-OH is 1. The molecule has 1 aliphatic carbocycles. The Hall–Kier alpha value is -0.820. The van der Waals surface area contributed by atoms with Crippen molar-refractivity contribution in [3.63, 3.8) is 0 Å². The average Bonchev–Trinajstić information content (AvgIpc) is 2.42. The Kier molecular flexibility index (Phi) is 5.04. The highest BCUT2D eigenvalue weighted by Gasteiger charge is 2.35. The predicted octanol–water partition coefficient (Wildman–Crippen LogP) is 4.68. The summed E-state index contributed by atoms with van der Waals surface area (Å²) >= 11 is 0. The maximum absolute atomic E-state index is 10.3. The summed E-state index contributed by atoms with van der Waals surface area (Å²) < 4.78 is 0. The summed E-state index contributed by atoms with van der Waals surface area (Å²) in [5.74, 6) is 1.75. The molecular formula is C18H28O. The molecule has 1 N–H and O–H groups in total. The van der Waals surface area contributed by atoms with Gasteiger partial charge in [-0.3, -0.25) is 0 Å². The van der Waals surface area contributed by atoms with E-state index in [0.717, 1.165) is 12.8 Å². The molecule has 2 rings (SSSR count). The molecule has 0 radical (unpaired) electrons. The van der Waals surface area contributed by atoms with Gasteiger partial charge in [0.2, 0.25) is 0 Å². The van der Waals surface area contributed by atoms with E-state index in [1.54, 1.807) is 0 Å². The fourth-order valence-electron chi connectivity index (χ4n) is 3.95. The maximum atomic E-state index is 10.3. The van der Waals surface area contributed by atoms with E-state index in [9.17, 15) is 5.11 Å². The molecule has 1 aromatic carbocycles. The van der Waals surface area contributed by atoms with E-state index in [4.69, 9.17) is 0 Å². The quantitative estimate of drug-likeness (QED) is 0.833. The van der Waals surface area contributed by atoms with Crippen molar-refractivity contribution in [2.45, 2.75) is 64.9 Å². The van der Waals surface area contributed by atoms with Gasteiger partial charge < -0.3 is 5.11 Å². The monoisotopic (exact) mass is 260 g/mol. The Bertz CT molecular complexity index is 381. The normalized spacial score (nSPS) is 29.2. The van der Waals surface area contributed by atoms with Crippen molar-refractivity contribution in [1.29, 1.82) is 0 Å². The van der Waals surface area contributed by atoms with Gasteiger partial charge in [0.05, 0.1) is 6.10 Å². The average molecular weight is 260 g/mol. The molecule has 0 amide bonds. The molecular weight excluding hydrogens is 232 g/mol. The van der Waals surface area contributed by atoms with Crippen LogP contribution in [0.2, 0.25) is 0 Å². The van der Waals surface area contributed by atoms with Crippen molar-refractivity contribution in [3.8, 4) is 0 Å². The lowest BCUT2D eigenvalue weighted by Crippen LogP contribution is -2.35. The fourth-order valence-corrected chi connectivity index (χ4v) is 3.95. The highest BCUT2D eigenvalue weighted by Crippen LogP contribution is 2.43. The first kappa shape index (κ1) is 14.6. The van der Waals surface area contributed by atoms with Crippen LogP contribution in [-0.4, -0.2) is 11.2 Å². The fraction of sp³-hybridized carbons (Fsp3) is 0.667. The van der Waals surface area contributed by atoms with Crippen LogP contribution in [0.5, 0.6) is 0 Å².